The molecule has 0 bridgehead atoms. The van der Waals surface area contributed by atoms with Crippen LogP contribution in [-0.4, -0.2) is 67.1 Å². The standard InChI is InChI=1S/C12H20N2O2/c15-11-3-5-13(6-11)7-12-8-14-4-1-2-10(14)9-16-12/h10,12H,1-9H2. The molecule has 2 atom stereocenters. The molecule has 0 aromatic carbocycles. The predicted molar refractivity (Wildman–Crippen MR) is 60.4 cm³/mol. The van der Waals surface area contributed by atoms with Crippen molar-refractivity contribution in [2.24, 2.45) is 0 Å². The van der Waals surface area contributed by atoms with Gasteiger partial charge in [-0.3, -0.25) is 14.6 Å². The third-order valence-electron chi connectivity index (χ3n) is 4.03. The average Bonchev–Trinajstić information content (AvgIpc) is 2.87. The molecule has 90 valence electrons. The molecule has 3 aliphatic rings. The summed E-state index contributed by atoms with van der Waals surface area (Å²) in [5, 5.41) is 0. The fourth-order valence-corrected chi connectivity index (χ4v) is 3.13. The second-order valence-corrected chi connectivity index (χ2v) is 5.27. The maximum absolute atomic E-state index is 11.2. The zero-order valence-electron chi connectivity index (χ0n) is 9.73. The highest BCUT2D eigenvalue weighted by molar-refractivity contribution is 5.82. The Hall–Kier alpha value is -0.450. The number of ketones is 1. The minimum absolute atomic E-state index is 0.320. The average molecular weight is 224 g/mol. The lowest BCUT2D eigenvalue weighted by molar-refractivity contribution is -0.117. The van der Waals surface area contributed by atoms with Crippen molar-refractivity contribution in [2.75, 3.05) is 39.3 Å². The number of nitrogens with zero attached hydrogens (tertiary/aromatic N) is 2. The summed E-state index contributed by atoms with van der Waals surface area (Å²) in [4.78, 5) is 16.0. The summed E-state index contributed by atoms with van der Waals surface area (Å²) in [5.41, 5.74) is 0. The fourth-order valence-electron chi connectivity index (χ4n) is 3.13. The van der Waals surface area contributed by atoms with E-state index < -0.39 is 0 Å². The van der Waals surface area contributed by atoms with Crippen LogP contribution in [0.2, 0.25) is 0 Å². The molecule has 0 spiro atoms. The number of morpholine rings is 1. The Morgan fingerprint density at radius 3 is 3.12 bits per heavy atom. The molecule has 3 fully saturated rings. The van der Waals surface area contributed by atoms with E-state index in [-0.39, 0.29) is 0 Å². The lowest BCUT2D eigenvalue weighted by atomic mass is 10.2. The van der Waals surface area contributed by atoms with E-state index >= 15 is 0 Å². The van der Waals surface area contributed by atoms with Gasteiger partial charge >= 0.3 is 0 Å². The van der Waals surface area contributed by atoms with Crippen LogP contribution in [0.3, 0.4) is 0 Å². The van der Waals surface area contributed by atoms with Crippen LogP contribution >= 0.6 is 0 Å². The molecule has 16 heavy (non-hydrogen) atoms. The highest BCUT2D eigenvalue weighted by Crippen LogP contribution is 2.23. The van der Waals surface area contributed by atoms with Gasteiger partial charge in [0.1, 0.15) is 5.78 Å². The first kappa shape index (κ1) is 10.7. The van der Waals surface area contributed by atoms with E-state index in [0.29, 0.717) is 24.5 Å². The van der Waals surface area contributed by atoms with Gasteiger partial charge in [-0.25, -0.2) is 0 Å². The summed E-state index contributed by atoms with van der Waals surface area (Å²) >= 11 is 0. The molecule has 0 saturated carbocycles. The van der Waals surface area contributed by atoms with Crippen LogP contribution in [0.25, 0.3) is 0 Å². The molecule has 0 radical (unpaired) electrons. The minimum Gasteiger partial charge on any atom is -0.374 e. The van der Waals surface area contributed by atoms with E-state index in [4.69, 9.17) is 4.74 Å². The van der Waals surface area contributed by atoms with Crippen LogP contribution in [0.5, 0.6) is 0 Å². The van der Waals surface area contributed by atoms with E-state index in [1.165, 1.54) is 19.4 Å². The van der Waals surface area contributed by atoms with Crippen molar-refractivity contribution in [1.29, 1.82) is 0 Å². The summed E-state index contributed by atoms with van der Waals surface area (Å²) in [6.07, 6.45) is 3.68. The van der Waals surface area contributed by atoms with Crippen molar-refractivity contribution in [3.05, 3.63) is 0 Å². The molecular weight excluding hydrogens is 204 g/mol. The first-order chi connectivity index (χ1) is 7.81. The number of hydrogen-bond donors (Lipinski definition) is 0. The molecule has 0 aliphatic carbocycles. The second kappa shape index (κ2) is 4.43. The van der Waals surface area contributed by atoms with Gasteiger partial charge in [0.05, 0.1) is 19.3 Å². The van der Waals surface area contributed by atoms with Gasteiger partial charge in [0.2, 0.25) is 0 Å². The van der Waals surface area contributed by atoms with Crippen LogP contribution in [0.15, 0.2) is 0 Å². The highest BCUT2D eigenvalue weighted by Gasteiger charge is 2.33. The van der Waals surface area contributed by atoms with E-state index in [2.05, 4.69) is 9.80 Å². The van der Waals surface area contributed by atoms with Gasteiger partial charge in [-0.15, -0.1) is 0 Å². The Labute approximate surface area is 96.5 Å². The molecule has 0 aromatic rings. The predicted octanol–water partition coefficient (Wildman–Crippen LogP) is 0.124. The normalized spacial score (nSPS) is 36.9. The summed E-state index contributed by atoms with van der Waals surface area (Å²) in [7, 11) is 0. The highest BCUT2D eigenvalue weighted by atomic mass is 16.5. The summed E-state index contributed by atoms with van der Waals surface area (Å²) in [5.74, 6) is 0.384. The number of fused-ring (bicyclic) bond motifs is 1. The Morgan fingerprint density at radius 1 is 1.38 bits per heavy atom. The lowest BCUT2D eigenvalue weighted by Crippen LogP contribution is -2.49. The zero-order chi connectivity index (χ0) is 11.0. The molecule has 0 aromatic heterocycles. The van der Waals surface area contributed by atoms with Crippen LogP contribution < -0.4 is 0 Å². The number of rotatable bonds is 2. The molecule has 0 amide bonds. The number of ether oxygens (including phenoxy) is 1. The van der Waals surface area contributed by atoms with Crippen molar-refractivity contribution in [3.63, 3.8) is 0 Å². The summed E-state index contributed by atoms with van der Waals surface area (Å²) in [6, 6.07) is 0.677. The van der Waals surface area contributed by atoms with Gasteiger partial charge in [-0.1, -0.05) is 0 Å². The second-order valence-electron chi connectivity index (χ2n) is 5.27. The summed E-state index contributed by atoms with van der Waals surface area (Å²) < 4.78 is 5.89. The maximum Gasteiger partial charge on any atom is 0.148 e. The molecule has 3 saturated heterocycles. The van der Waals surface area contributed by atoms with Crippen molar-refractivity contribution < 1.29 is 9.53 Å². The number of carbonyl (C=O) groups excluding carboxylic acids is 1. The first-order valence-corrected chi connectivity index (χ1v) is 6.41. The van der Waals surface area contributed by atoms with E-state index in [9.17, 15) is 4.79 Å². The van der Waals surface area contributed by atoms with Gasteiger partial charge in [0.15, 0.2) is 0 Å². The molecule has 3 rings (SSSR count). The first-order valence-electron chi connectivity index (χ1n) is 6.41. The van der Waals surface area contributed by atoms with E-state index in [1.54, 1.807) is 0 Å². The van der Waals surface area contributed by atoms with E-state index in [0.717, 1.165) is 32.7 Å². The third kappa shape index (κ3) is 2.14. The number of carbonyl (C=O) groups is 1. The topological polar surface area (TPSA) is 32.8 Å². The molecule has 4 nitrogen and oxygen atoms in total. The van der Waals surface area contributed by atoms with Gasteiger partial charge in [-0.2, -0.15) is 0 Å². The van der Waals surface area contributed by atoms with Crippen LogP contribution in [0.1, 0.15) is 19.3 Å². The van der Waals surface area contributed by atoms with Crippen molar-refractivity contribution in [3.8, 4) is 0 Å². The van der Waals surface area contributed by atoms with Crippen LogP contribution in [0.4, 0.5) is 0 Å². The monoisotopic (exact) mass is 224 g/mol. The fraction of sp³-hybridized carbons (Fsp3) is 0.917. The molecule has 3 heterocycles. The number of hydrogen-bond acceptors (Lipinski definition) is 4. The molecule has 4 heteroatoms. The number of Topliss-reactive ketones (excluding diaryl/α,β-unsaturated/α-hetero) is 1. The Kier molecular flexibility index (Phi) is 2.96. The van der Waals surface area contributed by atoms with Crippen LogP contribution in [0, 0.1) is 0 Å². The largest absolute Gasteiger partial charge is 0.374 e. The maximum atomic E-state index is 11.2. The van der Waals surface area contributed by atoms with Crippen molar-refractivity contribution in [1.82, 2.24) is 9.80 Å². The Bertz CT molecular complexity index is 282. The minimum atomic E-state index is 0.320. The van der Waals surface area contributed by atoms with Gasteiger partial charge < -0.3 is 4.74 Å². The van der Waals surface area contributed by atoms with Gasteiger partial charge in [-0.05, 0) is 19.4 Å². The number of likely N-dealkylation sites (tertiary alicyclic amines) is 1. The van der Waals surface area contributed by atoms with Crippen molar-refractivity contribution in [2.45, 2.75) is 31.4 Å². The third-order valence-corrected chi connectivity index (χ3v) is 4.03. The van der Waals surface area contributed by atoms with Crippen molar-refractivity contribution >= 4 is 5.78 Å². The molecule has 2 unspecified atom stereocenters. The molecular formula is C12H20N2O2. The Morgan fingerprint density at radius 2 is 2.31 bits per heavy atom. The quantitative estimate of drug-likeness (QED) is 0.667. The molecule has 3 aliphatic heterocycles. The summed E-state index contributed by atoms with van der Waals surface area (Å²) in [6.45, 7) is 5.71. The zero-order valence-corrected chi connectivity index (χ0v) is 9.73. The van der Waals surface area contributed by atoms with Gasteiger partial charge in [0.25, 0.3) is 0 Å². The van der Waals surface area contributed by atoms with Crippen LogP contribution in [-0.2, 0) is 9.53 Å². The SMILES string of the molecule is O=C1CCN(CC2CN3CCCC3CO2)C1. The molecule has 0 N–H and O–H groups in total. The van der Waals surface area contributed by atoms with E-state index in [1.807, 2.05) is 0 Å². The lowest BCUT2D eigenvalue weighted by Gasteiger charge is -2.36. The van der Waals surface area contributed by atoms with Gasteiger partial charge in [0, 0.05) is 32.1 Å². The Balaban J connectivity index is 1.50. The smallest absolute Gasteiger partial charge is 0.148 e.